The quantitative estimate of drug-likeness (QED) is 0.492. The van der Waals surface area contributed by atoms with Gasteiger partial charge in [-0.2, -0.15) is 0 Å². The van der Waals surface area contributed by atoms with Crippen LogP contribution in [0.15, 0.2) is 66.7 Å². The molecule has 0 aliphatic heterocycles. The molecule has 1 heterocycles. The Bertz CT molecular complexity index is 1180. The van der Waals surface area contributed by atoms with Crippen LogP contribution in [0, 0.1) is 0 Å². The first-order valence-electron chi connectivity index (χ1n) is 9.74. The number of aryl methyl sites for hydroxylation is 1. The number of nitrogens with one attached hydrogen (secondary N) is 1. The van der Waals surface area contributed by atoms with Crippen LogP contribution in [0.4, 0.5) is 5.69 Å². The molecule has 0 saturated heterocycles. The predicted octanol–water partition coefficient (Wildman–Crippen LogP) is 5.23. The monoisotopic (exact) mass is 388 g/mol. The van der Waals surface area contributed by atoms with Crippen LogP contribution in [0.3, 0.4) is 0 Å². The molecule has 1 aromatic heterocycles. The second kappa shape index (κ2) is 7.87. The molecule has 1 N–H and O–H groups in total. The van der Waals surface area contributed by atoms with Crippen LogP contribution in [0.5, 0.6) is 11.5 Å². The summed E-state index contributed by atoms with van der Waals surface area (Å²) in [6, 6.07) is 21.6. The van der Waals surface area contributed by atoms with E-state index in [9.17, 15) is 4.79 Å². The highest BCUT2D eigenvalue weighted by Gasteiger charge is 2.18. The SMILES string of the molecule is CCn1c2ccccc2c2cc(NC(=O)[C@H](C)Oc3ccccc3OC)ccc21. The maximum atomic E-state index is 12.7. The highest BCUT2D eigenvalue weighted by molar-refractivity contribution is 6.10. The normalized spacial score (nSPS) is 12.1. The van der Waals surface area contributed by atoms with Crippen LogP contribution in [0.1, 0.15) is 13.8 Å². The fraction of sp³-hybridized carbons (Fsp3) is 0.208. The average molecular weight is 388 g/mol. The van der Waals surface area contributed by atoms with E-state index in [-0.39, 0.29) is 5.91 Å². The average Bonchev–Trinajstić information content (AvgIpc) is 3.07. The number of para-hydroxylation sites is 3. The lowest BCUT2D eigenvalue weighted by Crippen LogP contribution is -2.30. The number of benzene rings is 3. The van der Waals surface area contributed by atoms with E-state index in [0.717, 1.165) is 23.1 Å². The van der Waals surface area contributed by atoms with Gasteiger partial charge in [-0.3, -0.25) is 4.79 Å². The zero-order chi connectivity index (χ0) is 20.4. The van der Waals surface area contributed by atoms with E-state index in [1.54, 1.807) is 26.2 Å². The van der Waals surface area contributed by atoms with Crippen molar-refractivity contribution in [2.45, 2.75) is 26.5 Å². The number of hydrogen-bond acceptors (Lipinski definition) is 3. The molecule has 3 aromatic carbocycles. The number of nitrogens with zero attached hydrogens (tertiary/aromatic N) is 1. The zero-order valence-corrected chi connectivity index (χ0v) is 16.8. The molecular formula is C24H24N2O3. The first kappa shape index (κ1) is 18.9. The van der Waals surface area contributed by atoms with Crippen molar-refractivity contribution in [2.75, 3.05) is 12.4 Å². The van der Waals surface area contributed by atoms with Gasteiger partial charge in [-0.15, -0.1) is 0 Å². The molecule has 0 fully saturated rings. The second-order valence-electron chi connectivity index (χ2n) is 6.89. The van der Waals surface area contributed by atoms with E-state index in [0.29, 0.717) is 11.5 Å². The number of amides is 1. The third-order valence-corrected chi connectivity index (χ3v) is 5.10. The number of fused-ring (bicyclic) bond motifs is 3. The van der Waals surface area contributed by atoms with Gasteiger partial charge >= 0.3 is 0 Å². The predicted molar refractivity (Wildman–Crippen MR) is 117 cm³/mol. The Hall–Kier alpha value is -3.47. The van der Waals surface area contributed by atoms with Crippen molar-refractivity contribution >= 4 is 33.4 Å². The Morgan fingerprint density at radius 3 is 2.41 bits per heavy atom. The summed E-state index contributed by atoms with van der Waals surface area (Å²) in [5.74, 6) is 0.926. The lowest BCUT2D eigenvalue weighted by atomic mass is 10.1. The van der Waals surface area contributed by atoms with Crippen LogP contribution in [-0.2, 0) is 11.3 Å². The lowest BCUT2D eigenvalue weighted by Gasteiger charge is -2.16. The van der Waals surface area contributed by atoms with Crippen LogP contribution in [-0.4, -0.2) is 23.7 Å². The Balaban J connectivity index is 1.59. The van der Waals surface area contributed by atoms with Gasteiger partial charge in [0.25, 0.3) is 5.91 Å². The summed E-state index contributed by atoms with van der Waals surface area (Å²) in [5, 5.41) is 5.27. The summed E-state index contributed by atoms with van der Waals surface area (Å²) >= 11 is 0. The smallest absolute Gasteiger partial charge is 0.265 e. The van der Waals surface area contributed by atoms with Crippen molar-refractivity contribution in [1.29, 1.82) is 0 Å². The van der Waals surface area contributed by atoms with E-state index in [4.69, 9.17) is 9.47 Å². The van der Waals surface area contributed by atoms with Gasteiger partial charge in [0.2, 0.25) is 0 Å². The van der Waals surface area contributed by atoms with Gasteiger partial charge in [0.15, 0.2) is 17.6 Å². The standard InChI is InChI=1S/C24H24N2O3/c1-4-26-20-10-6-5-9-18(20)19-15-17(13-14-21(19)26)25-24(27)16(2)29-23-12-8-7-11-22(23)28-3/h5-16H,4H2,1-3H3,(H,25,27)/t16-/m0/s1. The Labute approximate surface area is 169 Å². The third kappa shape index (κ3) is 3.51. The molecule has 1 atom stereocenters. The van der Waals surface area contributed by atoms with Crippen molar-refractivity contribution in [1.82, 2.24) is 4.57 Å². The molecule has 5 heteroatoms. The number of carbonyl (C=O) groups excluding carboxylic acids is 1. The van der Waals surface area contributed by atoms with Gasteiger partial charge in [-0.05, 0) is 50.2 Å². The minimum Gasteiger partial charge on any atom is -0.493 e. The second-order valence-corrected chi connectivity index (χ2v) is 6.89. The van der Waals surface area contributed by atoms with Gasteiger partial charge in [0.05, 0.1) is 7.11 Å². The van der Waals surface area contributed by atoms with Crippen LogP contribution >= 0.6 is 0 Å². The molecule has 29 heavy (non-hydrogen) atoms. The molecule has 4 aromatic rings. The molecule has 1 amide bonds. The number of anilines is 1. The molecule has 0 unspecified atom stereocenters. The van der Waals surface area contributed by atoms with Gasteiger partial charge in [0.1, 0.15) is 0 Å². The summed E-state index contributed by atoms with van der Waals surface area (Å²) in [6.07, 6.45) is -0.668. The van der Waals surface area contributed by atoms with Crippen molar-refractivity contribution < 1.29 is 14.3 Å². The van der Waals surface area contributed by atoms with Gasteiger partial charge in [0, 0.05) is 34.0 Å². The zero-order valence-electron chi connectivity index (χ0n) is 16.8. The van der Waals surface area contributed by atoms with Crippen molar-refractivity contribution in [3.8, 4) is 11.5 Å². The van der Waals surface area contributed by atoms with Crippen molar-refractivity contribution in [3.05, 3.63) is 66.7 Å². The van der Waals surface area contributed by atoms with E-state index in [1.807, 2.05) is 36.4 Å². The number of methoxy groups -OCH3 is 1. The largest absolute Gasteiger partial charge is 0.493 e. The summed E-state index contributed by atoms with van der Waals surface area (Å²) in [7, 11) is 1.58. The fourth-order valence-corrected chi connectivity index (χ4v) is 3.68. The molecule has 0 spiro atoms. The molecular weight excluding hydrogens is 364 g/mol. The number of rotatable bonds is 6. The molecule has 0 radical (unpaired) electrons. The minimum absolute atomic E-state index is 0.213. The molecule has 0 aliphatic rings. The summed E-state index contributed by atoms with van der Waals surface area (Å²) in [4.78, 5) is 12.7. The van der Waals surface area contributed by atoms with E-state index in [2.05, 4.69) is 35.0 Å². The van der Waals surface area contributed by atoms with Gasteiger partial charge in [-0.1, -0.05) is 30.3 Å². The highest BCUT2D eigenvalue weighted by Crippen LogP contribution is 2.31. The van der Waals surface area contributed by atoms with Gasteiger partial charge < -0.3 is 19.4 Å². The van der Waals surface area contributed by atoms with Crippen molar-refractivity contribution in [2.24, 2.45) is 0 Å². The van der Waals surface area contributed by atoms with Crippen LogP contribution in [0.25, 0.3) is 21.8 Å². The van der Waals surface area contributed by atoms with Crippen molar-refractivity contribution in [3.63, 3.8) is 0 Å². The van der Waals surface area contributed by atoms with Crippen LogP contribution < -0.4 is 14.8 Å². The molecule has 0 bridgehead atoms. The number of ether oxygens (including phenoxy) is 2. The third-order valence-electron chi connectivity index (χ3n) is 5.10. The topological polar surface area (TPSA) is 52.5 Å². The first-order chi connectivity index (χ1) is 14.1. The maximum absolute atomic E-state index is 12.7. The lowest BCUT2D eigenvalue weighted by molar-refractivity contribution is -0.122. The number of hydrogen-bond donors (Lipinski definition) is 1. The van der Waals surface area contributed by atoms with E-state index in [1.165, 1.54) is 10.9 Å². The highest BCUT2D eigenvalue weighted by atomic mass is 16.5. The molecule has 0 aliphatic carbocycles. The Kier molecular flexibility index (Phi) is 5.12. The van der Waals surface area contributed by atoms with Crippen LogP contribution in [0.2, 0.25) is 0 Å². The minimum atomic E-state index is -0.668. The molecule has 148 valence electrons. The van der Waals surface area contributed by atoms with E-state index < -0.39 is 6.10 Å². The van der Waals surface area contributed by atoms with E-state index >= 15 is 0 Å². The maximum Gasteiger partial charge on any atom is 0.265 e. The Morgan fingerprint density at radius 2 is 1.66 bits per heavy atom. The summed E-state index contributed by atoms with van der Waals surface area (Å²) < 4.78 is 13.4. The molecule has 0 saturated carbocycles. The fourth-order valence-electron chi connectivity index (χ4n) is 3.68. The number of carbonyl (C=O) groups is 1. The first-order valence-corrected chi connectivity index (χ1v) is 9.74. The summed E-state index contributed by atoms with van der Waals surface area (Å²) in [5.41, 5.74) is 3.10. The van der Waals surface area contributed by atoms with Gasteiger partial charge in [-0.25, -0.2) is 0 Å². The number of aromatic nitrogens is 1. The Morgan fingerprint density at radius 1 is 0.966 bits per heavy atom. The summed E-state index contributed by atoms with van der Waals surface area (Å²) in [6.45, 7) is 4.75. The molecule has 5 nitrogen and oxygen atoms in total. The molecule has 4 rings (SSSR count).